The largest absolute Gasteiger partial charge is 0.455 e. The number of benzene rings is 6. The molecule has 11 rings (SSSR count). The third kappa shape index (κ3) is 5.17. The molecule has 0 radical (unpaired) electrons. The second-order valence-corrected chi connectivity index (χ2v) is 13.7. The van der Waals surface area contributed by atoms with E-state index in [2.05, 4.69) is 136 Å². The number of pyridine rings is 2. The molecule has 0 fully saturated rings. The van der Waals surface area contributed by atoms with Crippen LogP contribution < -0.4 is 0 Å². The van der Waals surface area contributed by atoms with Gasteiger partial charge in [-0.2, -0.15) is 0 Å². The van der Waals surface area contributed by atoms with E-state index in [0.29, 0.717) is 23.2 Å². The summed E-state index contributed by atoms with van der Waals surface area (Å²) in [5.74, 6) is 1.54. The fraction of sp³-hybridized carbons (Fsp3) is 0. The molecule has 262 valence electrons. The number of nitrogens with zero attached hydrogens (tertiary/aromatic N) is 6. The lowest BCUT2D eigenvalue weighted by Crippen LogP contribution is -2.04. The Labute approximate surface area is 321 Å². The molecule has 11 aromatic rings. The highest BCUT2D eigenvalue weighted by molar-refractivity contribution is 6.24. The molecule has 0 atom stereocenters. The van der Waals surface area contributed by atoms with Crippen LogP contribution in [0.5, 0.6) is 0 Å². The van der Waals surface area contributed by atoms with Crippen LogP contribution in [0, 0.1) is 0 Å². The van der Waals surface area contributed by atoms with Crippen LogP contribution in [0.3, 0.4) is 0 Å². The van der Waals surface area contributed by atoms with E-state index in [1.807, 2.05) is 42.5 Å². The molecule has 7 nitrogen and oxygen atoms in total. The summed E-state index contributed by atoms with van der Waals surface area (Å²) >= 11 is 0. The molecule has 0 aliphatic rings. The lowest BCUT2D eigenvalue weighted by atomic mass is 9.92. The zero-order chi connectivity index (χ0) is 37.0. The molecule has 0 aliphatic heterocycles. The van der Waals surface area contributed by atoms with Crippen molar-refractivity contribution in [2.75, 3.05) is 0 Å². The van der Waals surface area contributed by atoms with Gasteiger partial charge in [-0.05, 0) is 71.8 Å². The Morgan fingerprint density at radius 3 is 1.80 bits per heavy atom. The Balaban J connectivity index is 1.26. The summed E-state index contributed by atoms with van der Waals surface area (Å²) in [6, 6.07) is 56.4. The van der Waals surface area contributed by atoms with Crippen molar-refractivity contribution in [3.8, 4) is 62.2 Å². The molecule has 0 N–H and O–H groups in total. The van der Waals surface area contributed by atoms with Crippen molar-refractivity contribution in [3.05, 3.63) is 182 Å². The zero-order valence-electron chi connectivity index (χ0n) is 29.9. The van der Waals surface area contributed by atoms with Crippen molar-refractivity contribution < 1.29 is 4.42 Å². The van der Waals surface area contributed by atoms with Gasteiger partial charge >= 0.3 is 0 Å². The van der Waals surface area contributed by atoms with Gasteiger partial charge in [-0.15, -0.1) is 0 Å². The number of aromatic nitrogens is 6. The van der Waals surface area contributed by atoms with Crippen molar-refractivity contribution in [2.45, 2.75) is 0 Å². The maximum atomic E-state index is 6.68. The van der Waals surface area contributed by atoms with E-state index < -0.39 is 0 Å². The van der Waals surface area contributed by atoms with Crippen molar-refractivity contribution in [2.24, 2.45) is 0 Å². The number of rotatable bonds is 6. The molecule has 0 bridgehead atoms. The van der Waals surface area contributed by atoms with Crippen LogP contribution in [0.25, 0.3) is 106 Å². The highest BCUT2D eigenvalue weighted by Gasteiger charge is 2.25. The SMILES string of the molecule is c1ccc(-c2cc(-c3nc(-c4cccnc4)nc(-c4ccccn4)n3)cc(-c3ccccc3)c2-n2c3ccccc3c3c4oc5ccccc5c4ccc32)cc1. The minimum atomic E-state index is 0.485. The van der Waals surface area contributed by atoms with E-state index in [1.165, 1.54) is 0 Å². The standard InChI is InChI=1S/C49H30N6O/c1-3-14-31(15-4-1)38-28-34(48-52-47(33-18-13-26-50-30-33)53-49(54-48)40-21-11-12-27-51-40)29-39(32-16-5-2-6-17-32)45(38)55-41-22-9-7-20-37(41)44-42(55)25-24-36-35-19-8-10-23-43(35)56-46(36)44/h1-30H. The Morgan fingerprint density at radius 1 is 0.446 bits per heavy atom. The number of hydrogen-bond acceptors (Lipinski definition) is 6. The summed E-state index contributed by atoms with van der Waals surface area (Å²) < 4.78 is 9.08. The van der Waals surface area contributed by atoms with Gasteiger partial charge in [-0.1, -0.05) is 103 Å². The van der Waals surface area contributed by atoms with Gasteiger partial charge in [0.15, 0.2) is 17.5 Å². The van der Waals surface area contributed by atoms with Crippen LogP contribution in [0.4, 0.5) is 0 Å². The third-order valence-electron chi connectivity index (χ3n) is 10.4. The second kappa shape index (κ2) is 13.0. The van der Waals surface area contributed by atoms with Gasteiger partial charge in [0, 0.05) is 57.0 Å². The van der Waals surface area contributed by atoms with E-state index in [-0.39, 0.29) is 0 Å². The fourth-order valence-electron chi connectivity index (χ4n) is 7.89. The van der Waals surface area contributed by atoms with Crippen LogP contribution in [0.2, 0.25) is 0 Å². The number of para-hydroxylation sites is 2. The van der Waals surface area contributed by atoms with E-state index in [4.69, 9.17) is 19.4 Å². The van der Waals surface area contributed by atoms with Gasteiger partial charge < -0.3 is 8.98 Å². The van der Waals surface area contributed by atoms with Crippen molar-refractivity contribution in [1.82, 2.24) is 29.5 Å². The normalized spacial score (nSPS) is 11.6. The van der Waals surface area contributed by atoms with Crippen LogP contribution in [-0.2, 0) is 0 Å². The first kappa shape index (κ1) is 31.7. The monoisotopic (exact) mass is 718 g/mol. The summed E-state index contributed by atoms with van der Waals surface area (Å²) in [7, 11) is 0. The summed E-state index contributed by atoms with van der Waals surface area (Å²) in [6.07, 6.45) is 5.27. The van der Waals surface area contributed by atoms with Crippen LogP contribution >= 0.6 is 0 Å². The number of furan rings is 1. The Hall–Kier alpha value is -7.77. The predicted octanol–water partition coefficient (Wildman–Crippen LogP) is 12.0. The maximum Gasteiger partial charge on any atom is 0.182 e. The smallest absolute Gasteiger partial charge is 0.182 e. The fourth-order valence-corrected chi connectivity index (χ4v) is 7.89. The van der Waals surface area contributed by atoms with Gasteiger partial charge in [-0.25, -0.2) is 15.0 Å². The van der Waals surface area contributed by atoms with Gasteiger partial charge in [0.25, 0.3) is 0 Å². The average molecular weight is 719 g/mol. The van der Waals surface area contributed by atoms with E-state index >= 15 is 0 Å². The first-order valence-corrected chi connectivity index (χ1v) is 18.5. The van der Waals surface area contributed by atoms with Gasteiger partial charge in [0.1, 0.15) is 16.9 Å². The molecule has 0 unspecified atom stereocenters. The van der Waals surface area contributed by atoms with Crippen LogP contribution in [-0.4, -0.2) is 29.5 Å². The highest BCUT2D eigenvalue weighted by atomic mass is 16.3. The van der Waals surface area contributed by atoms with Crippen molar-refractivity contribution >= 4 is 43.7 Å². The van der Waals surface area contributed by atoms with E-state index in [1.54, 1.807) is 18.6 Å². The minimum absolute atomic E-state index is 0.485. The van der Waals surface area contributed by atoms with E-state index in [0.717, 1.165) is 82.8 Å². The third-order valence-corrected chi connectivity index (χ3v) is 10.4. The summed E-state index contributed by atoms with van der Waals surface area (Å²) in [4.78, 5) is 24.1. The summed E-state index contributed by atoms with van der Waals surface area (Å²) in [5, 5.41) is 4.40. The lowest BCUT2D eigenvalue weighted by Gasteiger charge is -2.21. The Morgan fingerprint density at radius 2 is 1.09 bits per heavy atom. The maximum absolute atomic E-state index is 6.68. The molecule has 5 aromatic heterocycles. The molecule has 0 spiro atoms. The summed E-state index contributed by atoms with van der Waals surface area (Å²) in [6.45, 7) is 0. The van der Waals surface area contributed by atoms with E-state index in [9.17, 15) is 0 Å². The van der Waals surface area contributed by atoms with Gasteiger partial charge in [-0.3, -0.25) is 9.97 Å². The second-order valence-electron chi connectivity index (χ2n) is 13.7. The lowest BCUT2D eigenvalue weighted by molar-refractivity contribution is 0.673. The molecule has 0 saturated heterocycles. The highest BCUT2D eigenvalue weighted by Crippen LogP contribution is 2.46. The molecular weight excluding hydrogens is 689 g/mol. The summed E-state index contributed by atoms with van der Waals surface area (Å²) in [5.41, 5.74) is 11.4. The first-order chi connectivity index (χ1) is 27.8. The Bertz CT molecular complexity index is 3110. The van der Waals surface area contributed by atoms with Gasteiger partial charge in [0.2, 0.25) is 0 Å². The molecule has 56 heavy (non-hydrogen) atoms. The molecule has 0 saturated carbocycles. The van der Waals surface area contributed by atoms with Crippen molar-refractivity contribution in [3.63, 3.8) is 0 Å². The molecule has 0 aliphatic carbocycles. The molecule has 6 aromatic carbocycles. The van der Waals surface area contributed by atoms with Crippen LogP contribution in [0.15, 0.2) is 187 Å². The number of fused-ring (bicyclic) bond motifs is 7. The molecule has 5 heterocycles. The molecule has 0 amide bonds. The predicted molar refractivity (Wildman–Crippen MR) is 224 cm³/mol. The quantitative estimate of drug-likeness (QED) is 0.170. The zero-order valence-corrected chi connectivity index (χ0v) is 29.9. The average Bonchev–Trinajstić information content (AvgIpc) is 3.83. The molecule has 7 heteroatoms. The Kier molecular flexibility index (Phi) is 7.35. The van der Waals surface area contributed by atoms with Crippen LogP contribution in [0.1, 0.15) is 0 Å². The topological polar surface area (TPSA) is 82.5 Å². The number of hydrogen-bond donors (Lipinski definition) is 0. The molecular formula is C49H30N6O. The van der Waals surface area contributed by atoms with Gasteiger partial charge in [0.05, 0.1) is 22.1 Å². The van der Waals surface area contributed by atoms with Crippen molar-refractivity contribution in [1.29, 1.82) is 0 Å². The first-order valence-electron chi connectivity index (χ1n) is 18.5. The minimum Gasteiger partial charge on any atom is -0.455 e.